The summed E-state index contributed by atoms with van der Waals surface area (Å²) in [6, 6.07) is 0. The second-order valence-electron chi connectivity index (χ2n) is 4.90. The molecule has 3 heteroatoms. The molecule has 0 radical (unpaired) electrons. The molecule has 0 spiro atoms. The zero-order valence-electron chi connectivity index (χ0n) is 9.25. The molecule has 1 saturated heterocycles. The summed E-state index contributed by atoms with van der Waals surface area (Å²) in [6.45, 7) is 2.02. The van der Waals surface area contributed by atoms with Crippen molar-refractivity contribution in [2.75, 3.05) is 18.4 Å². The summed E-state index contributed by atoms with van der Waals surface area (Å²) in [6.07, 6.45) is 7.26. The number of hydrogen-bond donors (Lipinski definition) is 0. The molecule has 1 saturated carbocycles. The Morgan fingerprint density at radius 1 is 1.27 bits per heavy atom. The van der Waals surface area contributed by atoms with Gasteiger partial charge in [0, 0.05) is 24.3 Å². The van der Waals surface area contributed by atoms with Gasteiger partial charge in [-0.25, -0.2) is 0 Å². The Kier molecular flexibility index (Phi) is 4.06. The van der Waals surface area contributed by atoms with Gasteiger partial charge in [0.1, 0.15) is 0 Å². The van der Waals surface area contributed by atoms with Crippen molar-refractivity contribution in [3.8, 4) is 0 Å². The largest absolute Gasteiger partial charge is 0.342 e. The highest BCUT2D eigenvalue weighted by Crippen LogP contribution is 2.30. The third-order valence-electron chi connectivity index (χ3n) is 3.80. The standard InChI is InChI=1S/C12H20BrNO/c13-7-6-10-3-2-8-14(9-10)12(15)11-4-1-5-11/h10-11H,1-9H2. The van der Waals surface area contributed by atoms with Gasteiger partial charge in [-0.05, 0) is 38.0 Å². The molecular formula is C12H20BrNO. The molecule has 1 aliphatic carbocycles. The Balaban J connectivity index is 1.83. The van der Waals surface area contributed by atoms with E-state index in [0.717, 1.165) is 37.2 Å². The van der Waals surface area contributed by atoms with E-state index in [4.69, 9.17) is 0 Å². The molecule has 2 aliphatic rings. The number of halogens is 1. The quantitative estimate of drug-likeness (QED) is 0.725. The average Bonchev–Trinajstić information content (AvgIpc) is 2.16. The lowest BCUT2D eigenvalue weighted by atomic mass is 9.83. The summed E-state index contributed by atoms with van der Waals surface area (Å²) in [7, 11) is 0. The molecule has 2 nitrogen and oxygen atoms in total. The van der Waals surface area contributed by atoms with Gasteiger partial charge in [0.25, 0.3) is 0 Å². The summed E-state index contributed by atoms with van der Waals surface area (Å²) < 4.78 is 0. The summed E-state index contributed by atoms with van der Waals surface area (Å²) in [5, 5.41) is 1.07. The third-order valence-corrected chi connectivity index (χ3v) is 4.26. The molecule has 0 aromatic heterocycles. The number of alkyl halides is 1. The third kappa shape index (κ3) is 2.74. The molecule has 1 atom stereocenters. The van der Waals surface area contributed by atoms with Crippen LogP contribution in [0, 0.1) is 11.8 Å². The van der Waals surface area contributed by atoms with Gasteiger partial charge in [-0.1, -0.05) is 22.4 Å². The summed E-state index contributed by atoms with van der Waals surface area (Å²) >= 11 is 3.49. The zero-order valence-corrected chi connectivity index (χ0v) is 10.8. The smallest absolute Gasteiger partial charge is 0.225 e. The molecular weight excluding hydrogens is 254 g/mol. The van der Waals surface area contributed by atoms with E-state index in [0.29, 0.717) is 11.8 Å². The fourth-order valence-corrected chi connectivity index (χ4v) is 3.22. The number of amides is 1. The molecule has 0 bridgehead atoms. The van der Waals surface area contributed by atoms with Crippen molar-refractivity contribution in [1.82, 2.24) is 4.90 Å². The fourth-order valence-electron chi connectivity index (χ4n) is 2.57. The molecule has 1 aliphatic heterocycles. The monoisotopic (exact) mass is 273 g/mol. The van der Waals surface area contributed by atoms with Gasteiger partial charge in [-0.15, -0.1) is 0 Å². The lowest BCUT2D eigenvalue weighted by molar-refractivity contribution is -0.140. The van der Waals surface area contributed by atoms with Crippen LogP contribution in [0.25, 0.3) is 0 Å². The summed E-state index contributed by atoms with van der Waals surface area (Å²) in [5.41, 5.74) is 0. The van der Waals surface area contributed by atoms with Gasteiger partial charge in [-0.2, -0.15) is 0 Å². The number of carbonyl (C=O) groups excluding carboxylic acids is 1. The minimum atomic E-state index is 0.382. The molecule has 2 fully saturated rings. The first-order valence-electron chi connectivity index (χ1n) is 6.16. The topological polar surface area (TPSA) is 20.3 Å². The number of likely N-dealkylation sites (tertiary alicyclic amines) is 1. The Morgan fingerprint density at radius 2 is 2.07 bits per heavy atom. The van der Waals surface area contributed by atoms with E-state index < -0.39 is 0 Å². The maximum absolute atomic E-state index is 12.0. The van der Waals surface area contributed by atoms with Crippen LogP contribution < -0.4 is 0 Å². The van der Waals surface area contributed by atoms with Crippen molar-refractivity contribution in [2.24, 2.45) is 11.8 Å². The van der Waals surface area contributed by atoms with Crippen molar-refractivity contribution < 1.29 is 4.79 Å². The van der Waals surface area contributed by atoms with E-state index in [-0.39, 0.29) is 0 Å². The molecule has 1 amide bonds. The average molecular weight is 274 g/mol. The maximum Gasteiger partial charge on any atom is 0.225 e. The van der Waals surface area contributed by atoms with Crippen molar-refractivity contribution in [3.05, 3.63) is 0 Å². The van der Waals surface area contributed by atoms with Crippen LogP contribution in [-0.2, 0) is 4.79 Å². The van der Waals surface area contributed by atoms with Crippen molar-refractivity contribution in [3.63, 3.8) is 0 Å². The Morgan fingerprint density at radius 3 is 2.67 bits per heavy atom. The molecule has 15 heavy (non-hydrogen) atoms. The van der Waals surface area contributed by atoms with Crippen molar-refractivity contribution in [1.29, 1.82) is 0 Å². The van der Waals surface area contributed by atoms with E-state index in [1.807, 2.05) is 0 Å². The van der Waals surface area contributed by atoms with Crippen LogP contribution in [0.5, 0.6) is 0 Å². The van der Waals surface area contributed by atoms with E-state index in [2.05, 4.69) is 20.8 Å². The SMILES string of the molecule is O=C(C1CCC1)N1CCCC(CCBr)C1. The molecule has 86 valence electrons. The first-order chi connectivity index (χ1) is 7.31. The molecule has 0 aromatic carbocycles. The van der Waals surface area contributed by atoms with Gasteiger partial charge in [0.05, 0.1) is 0 Å². The van der Waals surface area contributed by atoms with E-state index in [1.165, 1.54) is 25.7 Å². The fraction of sp³-hybridized carbons (Fsp3) is 0.917. The van der Waals surface area contributed by atoms with Gasteiger partial charge in [0.2, 0.25) is 5.91 Å². The Hall–Kier alpha value is -0.0500. The second kappa shape index (κ2) is 5.33. The van der Waals surface area contributed by atoms with Gasteiger partial charge in [0.15, 0.2) is 0 Å². The van der Waals surface area contributed by atoms with E-state index >= 15 is 0 Å². The van der Waals surface area contributed by atoms with Crippen molar-refractivity contribution in [2.45, 2.75) is 38.5 Å². The minimum absolute atomic E-state index is 0.382. The Bertz CT molecular complexity index is 226. The van der Waals surface area contributed by atoms with Gasteiger partial charge in [-0.3, -0.25) is 4.79 Å². The number of carbonyl (C=O) groups is 1. The zero-order chi connectivity index (χ0) is 10.7. The maximum atomic E-state index is 12.0. The summed E-state index contributed by atoms with van der Waals surface area (Å²) in [5.74, 6) is 1.57. The van der Waals surface area contributed by atoms with Crippen LogP contribution >= 0.6 is 15.9 Å². The van der Waals surface area contributed by atoms with Crippen LogP contribution in [0.15, 0.2) is 0 Å². The first-order valence-corrected chi connectivity index (χ1v) is 7.28. The Labute approximate surface area is 101 Å². The normalized spacial score (nSPS) is 27.5. The van der Waals surface area contributed by atoms with Crippen LogP contribution in [0.1, 0.15) is 38.5 Å². The lowest BCUT2D eigenvalue weighted by Crippen LogP contribution is -2.44. The molecule has 0 N–H and O–H groups in total. The highest BCUT2D eigenvalue weighted by molar-refractivity contribution is 9.09. The second-order valence-corrected chi connectivity index (χ2v) is 5.69. The number of rotatable bonds is 3. The van der Waals surface area contributed by atoms with E-state index in [1.54, 1.807) is 0 Å². The number of nitrogens with zero attached hydrogens (tertiary/aromatic N) is 1. The highest BCUT2D eigenvalue weighted by atomic mass is 79.9. The highest BCUT2D eigenvalue weighted by Gasteiger charge is 2.31. The number of hydrogen-bond acceptors (Lipinski definition) is 1. The first kappa shape index (κ1) is 11.4. The lowest BCUT2D eigenvalue weighted by Gasteiger charge is -2.37. The van der Waals surface area contributed by atoms with Crippen LogP contribution in [0.3, 0.4) is 0 Å². The molecule has 1 heterocycles. The van der Waals surface area contributed by atoms with Crippen LogP contribution in [0.2, 0.25) is 0 Å². The van der Waals surface area contributed by atoms with Crippen LogP contribution in [0.4, 0.5) is 0 Å². The predicted octanol–water partition coefficient (Wildman–Crippen LogP) is 2.81. The van der Waals surface area contributed by atoms with Crippen molar-refractivity contribution >= 4 is 21.8 Å². The molecule has 0 aromatic rings. The molecule has 2 rings (SSSR count). The molecule has 1 unspecified atom stereocenters. The number of piperidine rings is 1. The predicted molar refractivity (Wildman–Crippen MR) is 65.1 cm³/mol. The van der Waals surface area contributed by atoms with Crippen LogP contribution in [-0.4, -0.2) is 29.2 Å². The van der Waals surface area contributed by atoms with E-state index in [9.17, 15) is 4.79 Å². The minimum Gasteiger partial charge on any atom is -0.342 e. The van der Waals surface area contributed by atoms with Gasteiger partial charge >= 0.3 is 0 Å². The summed E-state index contributed by atoms with van der Waals surface area (Å²) in [4.78, 5) is 14.2. The van der Waals surface area contributed by atoms with Gasteiger partial charge < -0.3 is 4.90 Å².